The summed E-state index contributed by atoms with van der Waals surface area (Å²) < 4.78 is 2.01. The van der Waals surface area contributed by atoms with Gasteiger partial charge in [-0.2, -0.15) is 0 Å². The molecule has 1 saturated carbocycles. The van der Waals surface area contributed by atoms with Crippen molar-refractivity contribution < 1.29 is 0 Å². The average Bonchev–Trinajstić information content (AvgIpc) is 3.11. The standard InChI is InChI=1S/C23H36N8.HI/c1-17-9-10-21(24-15-17)31-13-11-20(12-14-31)27-23(26-19-7-5-4-6-8-19)25-16-22-29-28-18(2)30(22)3;/h9-10,15,19-20H,4-8,11-14,16H2,1-3H3,(H2,25,26,27);1H. The first kappa shape index (κ1) is 24.7. The Morgan fingerprint density at radius 2 is 1.69 bits per heavy atom. The Morgan fingerprint density at radius 3 is 2.28 bits per heavy atom. The maximum Gasteiger partial charge on any atom is 0.192 e. The molecule has 3 heterocycles. The number of anilines is 1. The summed E-state index contributed by atoms with van der Waals surface area (Å²) in [7, 11) is 2.00. The van der Waals surface area contributed by atoms with Crippen LogP contribution in [0.25, 0.3) is 0 Å². The van der Waals surface area contributed by atoms with Crippen molar-refractivity contribution in [3.05, 3.63) is 35.5 Å². The van der Waals surface area contributed by atoms with Crippen LogP contribution >= 0.6 is 24.0 Å². The molecule has 8 nitrogen and oxygen atoms in total. The maximum atomic E-state index is 4.89. The van der Waals surface area contributed by atoms with E-state index in [1.807, 2.05) is 24.7 Å². The molecule has 2 N–H and O–H groups in total. The first-order chi connectivity index (χ1) is 15.1. The van der Waals surface area contributed by atoms with Gasteiger partial charge in [0.2, 0.25) is 0 Å². The Hall–Kier alpha value is -1.91. The summed E-state index contributed by atoms with van der Waals surface area (Å²) in [5.41, 5.74) is 1.20. The maximum absolute atomic E-state index is 4.89. The molecule has 2 fully saturated rings. The third-order valence-electron chi connectivity index (χ3n) is 6.56. The minimum atomic E-state index is 0. The van der Waals surface area contributed by atoms with Crippen LogP contribution in [-0.4, -0.2) is 50.9 Å². The zero-order chi connectivity index (χ0) is 21.6. The lowest BCUT2D eigenvalue weighted by Crippen LogP contribution is -2.51. The number of hydrogen-bond acceptors (Lipinski definition) is 5. The van der Waals surface area contributed by atoms with Crippen molar-refractivity contribution in [1.29, 1.82) is 0 Å². The number of nitrogens with zero attached hydrogens (tertiary/aromatic N) is 6. The number of hydrogen-bond donors (Lipinski definition) is 2. The van der Waals surface area contributed by atoms with E-state index in [4.69, 9.17) is 4.99 Å². The Kier molecular flexibility index (Phi) is 9.12. The van der Waals surface area contributed by atoms with Crippen molar-refractivity contribution in [2.24, 2.45) is 12.0 Å². The minimum Gasteiger partial charge on any atom is -0.356 e. The van der Waals surface area contributed by atoms with Gasteiger partial charge in [0.05, 0.1) is 0 Å². The number of aryl methyl sites for hydroxylation is 2. The van der Waals surface area contributed by atoms with E-state index < -0.39 is 0 Å². The average molecular weight is 553 g/mol. The summed E-state index contributed by atoms with van der Waals surface area (Å²) in [4.78, 5) is 11.9. The molecule has 1 saturated heterocycles. The van der Waals surface area contributed by atoms with Gasteiger partial charge < -0.3 is 20.1 Å². The van der Waals surface area contributed by atoms with Gasteiger partial charge in [0.1, 0.15) is 18.2 Å². The fraction of sp³-hybridized carbons (Fsp3) is 0.652. The van der Waals surface area contributed by atoms with E-state index in [0.717, 1.165) is 49.4 Å². The highest BCUT2D eigenvalue weighted by Gasteiger charge is 2.22. The molecule has 9 heteroatoms. The van der Waals surface area contributed by atoms with Gasteiger partial charge in [-0.15, -0.1) is 34.2 Å². The van der Waals surface area contributed by atoms with Crippen LogP contribution in [0, 0.1) is 13.8 Å². The molecule has 1 aliphatic carbocycles. The zero-order valence-corrected chi connectivity index (χ0v) is 21.9. The van der Waals surface area contributed by atoms with Crippen LogP contribution < -0.4 is 15.5 Å². The van der Waals surface area contributed by atoms with Gasteiger partial charge in [0.25, 0.3) is 0 Å². The van der Waals surface area contributed by atoms with Gasteiger partial charge in [0, 0.05) is 38.4 Å². The van der Waals surface area contributed by atoms with E-state index in [2.05, 4.69) is 49.8 Å². The highest BCUT2D eigenvalue weighted by atomic mass is 127. The number of pyridine rings is 1. The Bertz CT molecular complexity index is 865. The van der Waals surface area contributed by atoms with Gasteiger partial charge in [-0.1, -0.05) is 25.3 Å². The number of piperidine rings is 1. The summed E-state index contributed by atoms with van der Waals surface area (Å²) in [6, 6.07) is 5.19. The van der Waals surface area contributed by atoms with Gasteiger partial charge in [-0.25, -0.2) is 9.98 Å². The van der Waals surface area contributed by atoms with Crippen molar-refractivity contribution in [3.8, 4) is 0 Å². The van der Waals surface area contributed by atoms with E-state index in [1.165, 1.54) is 37.7 Å². The number of guanidine groups is 1. The van der Waals surface area contributed by atoms with Crippen molar-refractivity contribution in [2.45, 2.75) is 77.4 Å². The highest BCUT2D eigenvalue weighted by Crippen LogP contribution is 2.19. The molecule has 4 rings (SSSR count). The molecule has 2 aliphatic rings. The molecular formula is C23H37IN8. The number of aromatic nitrogens is 4. The third kappa shape index (κ3) is 6.55. The smallest absolute Gasteiger partial charge is 0.192 e. The lowest BCUT2D eigenvalue weighted by molar-refractivity contribution is 0.401. The van der Waals surface area contributed by atoms with Crippen LogP contribution in [-0.2, 0) is 13.6 Å². The molecule has 2 aromatic heterocycles. The molecule has 176 valence electrons. The van der Waals surface area contributed by atoms with Crippen molar-refractivity contribution >= 4 is 35.8 Å². The molecule has 0 unspecified atom stereocenters. The molecule has 2 aromatic rings. The van der Waals surface area contributed by atoms with Crippen molar-refractivity contribution in [1.82, 2.24) is 30.4 Å². The minimum absolute atomic E-state index is 0. The fourth-order valence-corrected chi connectivity index (χ4v) is 4.41. The van der Waals surface area contributed by atoms with Gasteiger partial charge in [-0.3, -0.25) is 0 Å². The third-order valence-corrected chi connectivity index (χ3v) is 6.56. The van der Waals surface area contributed by atoms with Crippen LogP contribution in [0.4, 0.5) is 5.82 Å². The number of halogens is 1. The first-order valence-electron chi connectivity index (χ1n) is 11.7. The molecule has 0 atom stereocenters. The summed E-state index contributed by atoms with van der Waals surface area (Å²) in [5.74, 6) is 3.80. The molecule has 0 spiro atoms. The molecule has 0 aromatic carbocycles. The van der Waals surface area contributed by atoms with Crippen LogP contribution in [0.15, 0.2) is 23.3 Å². The lowest BCUT2D eigenvalue weighted by atomic mass is 9.95. The molecular weight excluding hydrogens is 515 g/mol. The Balaban J connectivity index is 0.00000289. The summed E-state index contributed by atoms with van der Waals surface area (Å²) in [5, 5.41) is 15.8. The monoisotopic (exact) mass is 552 g/mol. The second kappa shape index (κ2) is 11.8. The van der Waals surface area contributed by atoms with Gasteiger partial charge in [0.15, 0.2) is 11.8 Å². The van der Waals surface area contributed by atoms with Gasteiger partial charge >= 0.3 is 0 Å². The van der Waals surface area contributed by atoms with Crippen LogP contribution in [0.2, 0.25) is 0 Å². The highest BCUT2D eigenvalue weighted by molar-refractivity contribution is 14.0. The Labute approximate surface area is 208 Å². The molecule has 0 radical (unpaired) electrons. The van der Waals surface area contributed by atoms with Crippen LogP contribution in [0.5, 0.6) is 0 Å². The van der Waals surface area contributed by atoms with Crippen molar-refractivity contribution in [2.75, 3.05) is 18.0 Å². The summed E-state index contributed by atoms with van der Waals surface area (Å²) >= 11 is 0. The molecule has 1 aliphatic heterocycles. The predicted octanol–water partition coefficient (Wildman–Crippen LogP) is 3.48. The largest absolute Gasteiger partial charge is 0.356 e. The van der Waals surface area contributed by atoms with Crippen molar-refractivity contribution in [3.63, 3.8) is 0 Å². The number of rotatable bonds is 5. The fourth-order valence-electron chi connectivity index (χ4n) is 4.41. The molecule has 0 amide bonds. The number of aliphatic imine (C=N–C) groups is 1. The van der Waals surface area contributed by atoms with E-state index in [-0.39, 0.29) is 24.0 Å². The number of nitrogens with one attached hydrogen (secondary N) is 2. The second-order valence-electron chi connectivity index (χ2n) is 8.97. The first-order valence-corrected chi connectivity index (χ1v) is 11.7. The Morgan fingerprint density at radius 1 is 1.00 bits per heavy atom. The zero-order valence-electron chi connectivity index (χ0n) is 19.5. The predicted molar refractivity (Wildman–Crippen MR) is 140 cm³/mol. The van der Waals surface area contributed by atoms with Crippen LogP contribution in [0.3, 0.4) is 0 Å². The lowest BCUT2D eigenvalue weighted by Gasteiger charge is -2.34. The van der Waals surface area contributed by atoms with Gasteiger partial charge in [-0.05, 0) is 51.2 Å². The van der Waals surface area contributed by atoms with Crippen LogP contribution in [0.1, 0.15) is 62.2 Å². The summed E-state index contributed by atoms with van der Waals surface area (Å²) in [6.45, 7) is 6.59. The SMILES string of the molecule is Cc1ccc(N2CCC(NC(=NCc3nnc(C)n3C)NC3CCCCC3)CC2)nc1.I. The van der Waals surface area contributed by atoms with E-state index >= 15 is 0 Å². The normalized spacial score (nSPS) is 18.3. The van der Waals surface area contributed by atoms with E-state index in [1.54, 1.807) is 0 Å². The quantitative estimate of drug-likeness (QED) is 0.336. The second-order valence-corrected chi connectivity index (χ2v) is 8.97. The topological polar surface area (TPSA) is 83.3 Å². The molecule has 32 heavy (non-hydrogen) atoms. The summed E-state index contributed by atoms with van der Waals surface area (Å²) in [6.07, 6.45) is 10.5. The van der Waals surface area contributed by atoms with E-state index in [0.29, 0.717) is 18.6 Å². The molecule has 0 bridgehead atoms. The van der Waals surface area contributed by atoms with E-state index in [9.17, 15) is 0 Å².